The Morgan fingerprint density at radius 2 is 2.12 bits per heavy atom. The van der Waals surface area contributed by atoms with Crippen molar-refractivity contribution < 1.29 is 14.3 Å². The minimum absolute atomic E-state index is 0.0304. The molecule has 1 aromatic heterocycles. The van der Waals surface area contributed by atoms with Crippen molar-refractivity contribution in [3.8, 4) is 11.3 Å². The first-order valence-electron chi connectivity index (χ1n) is 8.70. The number of hydrogen-bond donors (Lipinski definition) is 1. The Bertz CT molecular complexity index is 793. The van der Waals surface area contributed by atoms with Crippen LogP contribution in [0.1, 0.15) is 28.0 Å². The number of carbonyl (C=O) groups is 1. The van der Waals surface area contributed by atoms with Gasteiger partial charge in [-0.1, -0.05) is 12.1 Å². The molecule has 0 unspecified atom stereocenters. The number of H-pyrrole nitrogens is 1. The molecule has 3 heterocycles. The molecule has 1 aromatic carbocycles. The maximum atomic E-state index is 12.9. The van der Waals surface area contributed by atoms with Gasteiger partial charge in [-0.2, -0.15) is 5.10 Å². The molecule has 0 saturated carbocycles. The zero-order valence-electron chi connectivity index (χ0n) is 14.7. The number of nitrogens with one attached hydrogen (secondary N) is 1. The molecular weight excluding hydrogens is 318 g/mol. The Labute approximate surface area is 147 Å². The van der Waals surface area contributed by atoms with Crippen molar-refractivity contribution >= 4 is 5.91 Å². The third-order valence-electron chi connectivity index (χ3n) is 5.21. The third-order valence-corrected chi connectivity index (χ3v) is 5.21. The highest BCUT2D eigenvalue weighted by atomic mass is 16.6. The smallest absolute Gasteiger partial charge is 0.272 e. The van der Waals surface area contributed by atoms with Crippen LogP contribution in [0.3, 0.4) is 0 Å². The zero-order chi connectivity index (χ0) is 17.4. The summed E-state index contributed by atoms with van der Waals surface area (Å²) in [4.78, 5) is 14.7. The molecule has 2 aromatic rings. The summed E-state index contributed by atoms with van der Waals surface area (Å²) in [6, 6.07) is 8.04. The Kier molecular flexibility index (Phi) is 4.09. The molecule has 2 aliphatic rings. The van der Waals surface area contributed by atoms with Crippen LogP contribution in [0.15, 0.2) is 24.3 Å². The molecule has 0 radical (unpaired) electrons. The van der Waals surface area contributed by atoms with E-state index >= 15 is 0 Å². The SMILES string of the molecule is Cc1ccc(-c2cc(C(=O)N3CCO[C@]4(CCOC4)C3)[nH]n2)cc1C. The van der Waals surface area contributed by atoms with Crippen molar-refractivity contribution in [2.45, 2.75) is 25.9 Å². The summed E-state index contributed by atoms with van der Waals surface area (Å²) in [5.74, 6) is -0.0304. The number of rotatable bonds is 2. The summed E-state index contributed by atoms with van der Waals surface area (Å²) < 4.78 is 11.4. The fourth-order valence-electron chi connectivity index (χ4n) is 3.50. The van der Waals surface area contributed by atoms with E-state index in [1.54, 1.807) is 0 Å². The minimum Gasteiger partial charge on any atom is -0.378 e. The van der Waals surface area contributed by atoms with Crippen molar-refractivity contribution in [2.24, 2.45) is 0 Å². The molecule has 6 nitrogen and oxygen atoms in total. The Balaban J connectivity index is 1.53. The predicted octanol–water partition coefficient (Wildman–Crippen LogP) is 2.33. The van der Waals surface area contributed by atoms with E-state index in [0.29, 0.717) is 38.6 Å². The highest BCUT2D eigenvalue weighted by Crippen LogP contribution is 2.28. The largest absolute Gasteiger partial charge is 0.378 e. The number of carbonyl (C=O) groups excluding carboxylic acids is 1. The van der Waals surface area contributed by atoms with E-state index in [2.05, 4.69) is 36.2 Å². The molecule has 1 N–H and O–H groups in total. The van der Waals surface area contributed by atoms with Crippen LogP contribution in [0.4, 0.5) is 0 Å². The molecule has 2 fully saturated rings. The van der Waals surface area contributed by atoms with Gasteiger partial charge in [0.25, 0.3) is 5.91 Å². The molecule has 4 rings (SSSR count). The summed E-state index contributed by atoms with van der Waals surface area (Å²) >= 11 is 0. The molecule has 0 aliphatic carbocycles. The highest BCUT2D eigenvalue weighted by molar-refractivity contribution is 5.93. The molecule has 25 heavy (non-hydrogen) atoms. The fourth-order valence-corrected chi connectivity index (χ4v) is 3.50. The monoisotopic (exact) mass is 341 g/mol. The van der Waals surface area contributed by atoms with Crippen LogP contribution in [0, 0.1) is 13.8 Å². The number of amides is 1. The third kappa shape index (κ3) is 3.07. The first-order valence-corrected chi connectivity index (χ1v) is 8.70. The fraction of sp³-hybridized carbons (Fsp3) is 0.474. The number of ether oxygens (including phenoxy) is 2. The summed E-state index contributed by atoms with van der Waals surface area (Å²) in [6.45, 7) is 7.14. The van der Waals surface area contributed by atoms with Crippen molar-refractivity contribution in [2.75, 3.05) is 32.9 Å². The Morgan fingerprint density at radius 3 is 2.88 bits per heavy atom. The second kappa shape index (κ2) is 6.28. The molecule has 1 amide bonds. The van der Waals surface area contributed by atoms with Crippen molar-refractivity contribution in [3.05, 3.63) is 41.1 Å². The number of hydrogen-bond acceptors (Lipinski definition) is 4. The predicted molar refractivity (Wildman–Crippen MR) is 93.5 cm³/mol. The number of aromatic nitrogens is 2. The van der Waals surface area contributed by atoms with Gasteiger partial charge in [0.05, 0.1) is 25.5 Å². The molecule has 0 bridgehead atoms. The van der Waals surface area contributed by atoms with E-state index < -0.39 is 0 Å². The van der Waals surface area contributed by atoms with Crippen molar-refractivity contribution in [1.29, 1.82) is 0 Å². The summed E-state index contributed by atoms with van der Waals surface area (Å²) in [6.07, 6.45) is 0.841. The number of aromatic amines is 1. The van der Waals surface area contributed by atoms with E-state index in [4.69, 9.17) is 9.47 Å². The van der Waals surface area contributed by atoms with Crippen LogP contribution in [0.2, 0.25) is 0 Å². The van der Waals surface area contributed by atoms with Crippen LogP contribution >= 0.6 is 0 Å². The van der Waals surface area contributed by atoms with Crippen molar-refractivity contribution in [3.63, 3.8) is 0 Å². The van der Waals surface area contributed by atoms with Gasteiger partial charge in [0.1, 0.15) is 11.3 Å². The van der Waals surface area contributed by atoms with Gasteiger partial charge in [-0.15, -0.1) is 0 Å². The second-order valence-electron chi connectivity index (χ2n) is 7.03. The quantitative estimate of drug-likeness (QED) is 0.910. The average Bonchev–Trinajstić information content (AvgIpc) is 3.27. The van der Waals surface area contributed by atoms with Gasteiger partial charge < -0.3 is 14.4 Å². The summed E-state index contributed by atoms with van der Waals surface area (Å²) in [5, 5.41) is 7.23. The molecule has 1 spiro atoms. The maximum Gasteiger partial charge on any atom is 0.272 e. The van der Waals surface area contributed by atoms with Gasteiger partial charge in [0.2, 0.25) is 0 Å². The molecule has 2 saturated heterocycles. The topological polar surface area (TPSA) is 67.5 Å². The standard InChI is InChI=1S/C19H23N3O3/c1-13-3-4-15(9-14(13)2)16-10-17(21-20-16)18(23)22-6-8-25-19(11-22)5-7-24-12-19/h3-4,9-10H,5-8,11-12H2,1-2H3,(H,20,21)/t19-/m1/s1. The van der Waals surface area contributed by atoms with E-state index in [1.165, 1.54) is 11.1 Å². The molecule has 132 valence electrons. The first-order chi connectivity index (χ1) is 12.1. The maximum absolute atomic E-state index is 12.9. The van der Waals surface area contributed by atoms with E-state index in [1.807, 2.05) is 17.0 Å². The minimum atomic E-state index is -0.329. The first kappa shape index (κ1) is 16.3. The summed E-state index contributed by atoms with van der Waals surface area (Å²) in [7, 11) is 0. The van der Waals surface area contributed by atoms with Gasteiger partial charge in [-0.3, -0.25) is 9.89 Å². The van der Waals surface area contributed by atoms with Crippen LogP contribution in [0.25, 0.3) is 11.3 Å². The molecule has 1 atom stereocenters. The number of benzene rings is 1. The van der Waals surface area contributed by atoms with Gasteiger partial charge in [0.15, 0.2) is 0 Å². The van der Waals surface area contributed by atoms with E-state index in [-0.39, 0.29) is 11.5 Å². The van der Waals surface area contributed by atoms with Crippen molar-refractivity contribution in [1.82, 2.24) is 15.1 Å². The normalized spacial score (nSPS) is 23.4. The number of nitrogens with zero attached hydrogens (tertiary/aromatic N) is 2. The van der Waals surface area contributed by atoms with E-state index in [9.17, 15) is 4.79 Å². The number of morpholine rings is 1. The van der Waals surface area contributed by atoms with Crippen LogP contribution in [-0.2, 0) is 9.47 Å². The van der Waals surface area contributed by atoms with Gasteiger partial charge in [-0.05, 0) is 37.1 Å². The van der Waals surface area contributed by atoms with Gasteiger partial charge >= 0.3 is 0 Å². The van der Waals surface area contributed by atoms with Gasteiger partial charge in [-0.25, -0.2) is 0 Å². The summed E-state index contributed by atoms with van der Waals surface area (Å²) in [5.41, 5.74) is 4.45. The van der Waals surface area contributed by atoms with Crippen LogP contribution in [-0.4, -0.2) is 59.5 Å². The zero-order valence-corrected chi connectivity index (χ0v) is 14.7. The molecule has 6 heteroatoms. The van der Waals surface area contributed by atoms with Gasteiger partial charge in [0, 0.05) is 25.1 Å². The number of aryl methyl sites for hydroxylation is 2. The lowest BCUT2D eigenvalue weighted by Crippen LogP contribution is -2.54. The van der Waals surface area contributed by atoms with Crippen LogP contribution in [0.5, 0.6) is 0 Å². The van der Waals surface area contributed by atoms with Crippen LogP contribution < -0.4 is 0 Å². The Hall–Kier alpha value is -2.18. The lowest BCUT2D eigenvalue weighted by molar-refractivity contribution is -0.0996. The lowest BCUT2D eigenvalue weighted by atomic mass is 10.0. The average molecular weight is 341 g/mol. The highest BCUT2D eigenvalue weighted by Gasteiger charge is 2.42. The Morgan fingerprint density at radius 1 is 1.24 bits per heavy atom. The van der Waals surface area contributed by atoms with E-state index in [0.717, 1.165) is 17.7 Å². The molecule has 2 aliphatic heterocycles. The lowest BCUT2D eigenvalue weighted by Gasteiger charge is -2.39. The molecular formula is C19H23N3O3. The second-order valence-corrected chi connectivity index (χ2v) is 7.03.